The predicted molar refractivity (Wildman–Crippen MR) is 79.1 cm³/mol. The Morgan fingerprint density at radius 3 is 2.94 bits per heavy atom. The van der Waals surface area contributed by atoms with Crippen LogP contribution in [-0.4, -0.2) is 17.8 Å². The lowest BCUT2D eigenvalue weighted by molar-refractivity contribution is 0.0952. The van der Waals surface area contributed by atoms with Crippen LogP contribution in [0.25, 0.3) is 0 Å². The Kier molecular flexibility index (Phi) is 6.07. The van der Waals surface area contributed by atoms with E-state index in [-0.39, 0.29) is 11.3 Å². The van der Waals surface area contributed by atoms with E-state index in [9.17, 15) is 4.79 Å². The molecule has 2 nitrogen and oxygen atoms in total. The van der Waals surface area contributed by atoms with E-state index in [0.29, 0.717) is 12.1 Å². The minimum Gasteiger partial charge on any atom is -0.351 e. The number of rotatable bonds is 4. The van der Waals surface area contributed by atoms with Crippen molar-refractivity contribution >= 4 is 56.0 Å². The van der Waals surface area contributed by atoms with Crippen LogP contribution in [0.4, 0.5) is 0 Å². The lowest BCUT2D eigenvalue weighted by Crippen LogP contribution is -2.30. The highest BCUT2D eigenvalue weighted by atomic mass is 127. The maximum absolute atomic E-state index is 11.8. The van der Waals surface area contributed by atoms with Crippen LogP contribution in [0.3, 0.4) is 0 Å². The van der Waals surface area contributed by atoms with Crippen LogP contribution in [0.15, 0.2) is 22.7 Å². The Balaban J connectivity index is 2.69. The van der Waals surface area contributed by atoms with Crippen molar-refractivity contribution < 1.29 is 4.79 Å². The number of carbonyl (C=O) groups excluding carboxylic acids is 1. The molecular weight excluding hydrogens is 404 g/mol. The van der Waals surface area contributed by atoms with Gasteiger partial charge in [0.15, 0.2) is 0 Å². The van der Waals surface area contributed by atoms with Gasteiger partial charge < -0.3 is 5.32 Å². The fourth-order valence-corrected chi connectivity index (χ4v) is 2.13. The molecule has 1 aromatic rings. The summed E-state index contributed by atoms with van der Waals surface area (Å²) in [5.74, 6) is -0.0789. The van der Waals surface area contributed by atoms with Crippen LogP contribution in [-0.2, 0) is 0 Å². The first-order valence-electron chi connectivity index (χ1n) is 4.92. The van der Waals surface area contributed by atoms with Crippen molar-refractivity contribution in [1.82, 2.24) is 5.32 Å². The van der Waals surface area contributed by atoms with Gasteiger partial charge >= 0.3 is 0 Å². The molecule has 0 fully saturated rings. The van der Waals surface area contributed by atoms with E-state index in [0.717, 1.165) is 14.5 Å². The Hall–Kier alpha value is 0.190. The Morgan fingerprint density at radius 1 is 1.62 bits per heavy atom. The highest BCUT2D eigenvalue weighted by molar-refractivity contribution is 14.1. The van der Waals surface area contributed by atoms with E-state index >= 15 is 0 Å². The van der Waals surface area contributed by atoms with E-state index in [1.165, 1.54) is 0 Å². The van der Waals surface area contributed by atoms with Gasteiger partial charge in [-0.05, 0) is 47.2 Å². The second kappa shape index (κ2) is 6.81. The molecule has 1 amide bonds. The van der Waals surface area contributed by atoms with Crippen LogP contribution < -0.4 is 5.32 Å². The van der Waals surface area contributed by atoms with Gasteiger partial charge in [-0.1, -0.05) is 22.9 Å². The largest absolute Gasteiger partial charge is 0.351 e. The summed E-state index contributed by atoms with van der Waals surface area (Å²) in [7, 11) is 0. The van der Waals surface area contributed by atoms with Crippen molar-refractivity contribution in [2.75, 3.05) is 6.54 Å². The van der Waals surface area contributed by atoms with Crippen LogP contribution in [0.5, 0.6) is 0 Å². The molecule has 1 rings (SSSR count). The van der Waals surface area contributed by atoms with Crippen molar-refractivity contribution in [2.45, 2.75) is 18.7 Å². The van der Waals surface area contributed by atoms with Crippen LogP contribution >= 0.6 is 50.1 Å². The number of hydrogen-bond donors (Lipinski definition) is 1. The molecule has 0 saturated heterocycles. The molecule has 0 aliphatic carbocycles. The van der Waals surface area contributed by atoms with E-state index < -0.39 is 0 Å². The highest BCUT2D eigenvalue weighted by Gasteiger charge is 2.11. The molecule has 0 aliphatic rings. The zero-order chi connectivity index (χ0) is 12.1. The first-order chi connectivity index (χ1) is 7.54. The SMILES string of the molecule is CCC(Cl)CNC(=O)c1cc(Br)ccc1I. The van der Waals surface area contributed by atoms with Gasteiger partial charge in [-0.2, -0.15) is 0 Å². The molecule has 0 aromatic heterocycles. The summed E-state index contributed by atoms with van der Waals surface area (Å²) < 4.78 is 1.83. The fraction of sp³-hybridized carbons (Fsp3) is 0.364. The van der Waals surface area contributed by atoms with E-state index in [4.69, 9.17) is 11.6 Å². The second-order valence-electron chi connectivity index (χ2n) is 3.34. The van der Waals surface area contributed by atoms with Crippen LogP contribution in [0.2, 0.25) is 0 Å². The summed E-state index contributed by atoms with van der Waals surface area (Å²) in [6.07, 6.45) is 0.845. The zero-order valence-electron chi connectivity index (χ0n) is 8.77. The molecule has 1 atom stereocenters. The molecule has 0 aliphatic heterocycles. The molecule has 0 radical (unpaired) electrons. The van der Waals surface area contributed by atoms with Gasteiger partial charge in [0, 0.05) is 14.6 Å². The third-order valence-corrected chi connectivity index (χ3v) is 4.00. The molecule has 0 bridgehead atoms. The Labute approximate surface area is 122 Å². The molecule has 0 saturated carbocycles. The van der Waals surface area contributed by atoms with Gasteiger partial charge in [-0.3, -0.25) is 4.79 Å². The van der Waals surface area contributed by atoms with Crippen molar-refractivity contribution in [1.29, 1.82) is 0 Å². The lowest BCUT2D eigenvalue weighted by Gasteiger charge is -2.10. The number of amides is 1. The number of carbonyl (C=O) groups is 1. The molecule has 1 N–H and O–H groups in total. The third-order valence-electron chi connectivity index (χ3n) is 2.10. The molecule has 0 heterocycles. The average Bonchev–Trinajstić information content (AvgIpc) is 2.28. The van der Waals surface area contributed by atoms with Gasteiger partial charge in [0.05, 0.1) is 10.9 Å². The van der Waals surface area contributed by atoms with E-state index in [1.54, 1.807) is 0 Å². The summed E-state index contributed by atoms with van der Waals surface area (Å²) in [4.78, 5) is 11.8. The molecule has 5 heteroatoms. The average molecular weight is 416 g/mol. The first-order valence-corrected chi connectivity index (χ1v) is 7.22. The third kappa shape index (κ3) is 4.22. The van der Waals surface area contributed by atoms with E-state index in [1.807, 2.05) is 25.1 Å². The maximum Gasteiger partial charge on any atom is 0.252 e. The minimum absolute atomic E-state index is 0.00577. The number of benzene rings is 1. The molecule has 88 valence electrons. The molecule has 1 unspecified atom stereocenters. The van der Waals surface area contributed by atoms with Crippen LogP contribution in [0.1, 0.15) is 23.7 Å². The standard InChI is InChI=1S/C11H12BrClINO/c1-2-8(13)6-15-11(16)9-5-7(12)3-4-10(9)14/h3-5,8H,2,6H2,1H3,(H,15,16). The van der Waals surface area contributed by atoms with Gasteiger partial charge in [0.25, 0.3) is 5.91 Å². The van der Waals surface area contributed by atoms with Crippen LogP contribution in [0, 0.1) is 3.57 Å². The second-order valence-corrected chi connectivity index (χ2v) is 6.03. The van der Waals surface area contributed by atoms with E-state index in [2.05, 4.69) is 43.8 Å². The van der Waals surface area contributed by atoms with Gasteiger partial charge in [-0.15, -0.1) is 11.6 Å². The van der Waals surface area contributed by atoms with Crippen molar-refractivity contribution in [2.24, 2.45) is 0 Å². The van der Waals surface area contributed by atoms with Gasteiger partial charge in [0.2, 0.25) is 0 Å². The summed E-state index contributed by atoms with van der Waals surface area (Å²) in [6.45, 7) is 2.49. The van der Waals surface area contributed by atoms with Crippen molar-refractivity contribution in [3.05, 3.63) is 31.8 Å². The Morgan fingerprint density at radius 2 is 2.31 bits per heavy atom. The maximum atomic E-state index is 11.8. The van der Waals surface area contributed by atoms with Crippen molar-refractivity contribution in [3.8, 4) is 0 Å². The molecule has 0 spiro atoms. The first kappa shape index (κ1) is 14.3. The summed E-state index contributed by atoms with van der Waals surface area (Å²) >= 11 is 11.4. The Bertz CT molecular complexity index is 386. The number of halogens is 3. The molecular formula is C11H12BrClINO. The van der Waals surface area contributed by atoms with Gasteiger partial charge in [-0.25, -0.2) is 0 Å². The summed E-state index contributed by atoms with van der Waals surface area (Å²) in [5.41, 5.74) is 0.676. The smallest absolute Gasteiger partial charge is 0.252 e. The molecule has 1 aromatic carbocycles. The minimum atomic E-state index is -0.0789. The number of alkyl halides is 1. The summed E-state index contributed by atoms with van der Waals surface area (Å²) in [6, 6.07) is 5.62. The summed E-state index contributed by atoms with van der Waals surface area (Å²) in [5, 5.41) is 2.82. The topological polar surface area (TPSA) is 29.1 Å². The number of nitrogens with one attached hydrogen (secondary N) is 1. The monoisotopic (exact) mass is 415 g/mol. The normalized spacial score (nSPS) is 12.2. The lowest BCUT2D eigenvalue weighted by atomic mass is 10.2. The quantitative estimate of drug-likeness (QED) is 0.587. The fourth-order valence-electron chi connectivity index (χ4n) is 1.11. The van der Waals surface area contributed by atoms with Gasteiger partial charge in [0.1, 0.15) is 0 Å². The highest BCUT2D eigenvalue weighted by Crippen LogP contribution is 2.18. The number of hydrogen-bond acceptors (Lipinski definition) is 1. The molecule has 16 heavy (non-hydrogen) atoms. The zero-order valence-corrected chi connectivity index (χ0v) is 13.3. The predicted octanol–water partition coefficient (Wildman–Crippen LogP) is 3.80. The van der Waals surface area contributed by atoms with Crippen molar-refractivity contribution in [3.63, 3.8) is 0 Å².